The van der Waals surface area contributed by atoms with Crippen LogP contribution in [0, 0.1) is 5.82 Å². The lowest BCUT2D eigenvalue weighted by Gasteiger charge is -2.28. The van der Waals surface area contributed by atoms with Gasteiger partial charge in [-0.25, -0.2) is 4.39 Å². The zero-order valence-electron chi connectivity index (χ0n) is 12.2. The molecule has 1 rings (SSSR count). The number of hydrogen-bond acceptors (Lipinski definition) is 4. The molecule has 0 saturated carbocycles. The lowest BCUT2D eigenvalue weighted by molar-refractivity contribution is 0.183. The van der Waals surface area contributed by atoms with E-state index in [9.17, 15) is 4.39 Å². The number of nitrogens with two attached hydrogens (primary N) is 1. The first-order chi connectivity index (χ1) is 8.86. The first-order valence-corrected chi connectivity index (χ1v) is 6.34. The molecule has 0 saturated heterocycles. The van der Waals surface area contributed by atoms with Crippen molar-refractivity contribution in [3.05, 3.63) is 17.9 Å². The van der Waals surface area contributed by atoms with E-state index in [-0.39, 0.29) is 17.9 Å². The second-order valence-electron chi connectivity index (χ2n) is 4.92. The number of methoxy groups -OCH3 is 1. The second kappa shape index (κ2) is 6.61. The van der Waals surface area contributed by atoms with E-state index in [1.165, 1.54) is 6.07 Å². The van der Waals surface area contributed by atoms with Gasteiger partial charge in [0.25, 0.3) is 0 Å². The molecule has 5 heteroatoms. The van der Waals surface area contributed by atoms with E-state index >= 15 is 0 Å². The van der Waals surface area contributed by atoms with Gasteiger partial charge >= 0.3 is 0 Å². The largest absolute Gasteiger partial charge is 0.488 e. The number of nitrogen functional groups attached to an aromatic ring is 1. The fraction of sp³-hybridized carbons (Fsp3) is 0.571. The summed E-state index contributed by atoms with van der Waals surface area (Å²) < 4.78 is 24.3. The van der Waals surface area contributed by atoms with E-state index in [4.69, 9.17) is 15.2 Å². The molecule has 108 valence electrons. The minimum absolute atomic E-state index is 0.0901. The van der Waals surface area contributed by atoms with Gasteiger partial charge in [-0.2, -0.15) is 0 Å². The van der Waals surface area contributed by atoms with Crippen LogP contribution in [0.1, 0.15) is 20.8 Å². The normalized spacial score (nSPS) is 12.6. The van der Waals surface area contributed by atoms with Crippen LogP contribution in [-0.2, 0) is 4.74 Å². The van der Waals surface area contributed by atoms with Crippen LogP contribution in [0.4, 0.5) is 15.8 Å². The molecule has 4 nitrogen and oxygen atoms in total. The lowest BCUT2D eigenvalue weighted by atomic mass is 10.2. The van der Waals surface area contributed by atoms with Crippen molar-refractivity contribution in [2.45, 2.75) is 32.9 Å². The SMILES string of the molecule is COCC(C)N(C)c1cc(OC(C)C)c(F)cc1N. The molecule has 1 aromatic rings. The molecular formula is C14H23FN2O2. The average molecular weight is 270 g/mol. The first kappa shape index (κ1) is 15.6. The fourth-order valence-corrected chi connectivity index (χ4v) is 1.80. The van der Waals surface area contributed by atoms with Crippen molar-refractivity contribution in [3.63, 3.8) is 0 Å². The van der Waals surface area contributed by atoms with Gasteiger partial charge in [0.15, 0.2) is 11.6 Å². The molecule has 1 aromatic carbocycles. The molecule has 0 aromatic heterocycles. The van der Waals surface area contributed by atoms with Crippen molar-refractivity contribution in [1.82, 2.24) is 0 Å². The predicted molar refractivity (Wildman–Crippen MR) is 76.3 cm³/mol. The van der Waals surface area contributed by atoms with Crippen molar-refractivity contribution in [1.29, 1.82) is 0 Å². The standard InChI is InChI=1S/C14H23FN2O2/c1-9(2)19-14-7-13(12(16)6-11(14)15)17(4)10(3)8-18-5/h6-7,9-10H,8,16H2,1-5H3. The zero-order chi connectivity index (χ0) is 14.6. The summed E-state index contributed by atoms with van der Waals surface area (Å²) in [5.41, 5.74) is 7.00. The molecule has 0 aliphatic carbocycles. The minimum atomic E-state index is -0.442. The van der Waals surface area contributed by atoms with Crippen molar-refractivity contribution in [2.75, 3.05) is 31.4 Å². The van der Waals surface area contributed by atoms with Crippen LogP contribution in [0.15, 0.2) is 12.1 Å². The topological polar surface area (TPSA) is 47.7 Å². The Balaban J connectivity index is 3.06. The number of benzene rings is 1. The van der Waals surface area contributed by atoms with E-state index in [0.29, 0.717) is 12.3 Å². The van der Waals surface area contributed by atoms with E-state index in [1.54, 1.807) is 13.2 Å². The van der Waals surface area contributed by atoms with Crippen LogP contribution in [0.2, 0.25) is 0 Å². The van der Waals surface area contributed by atoms with Gasteiger partial charge in [-0.15, -0.1) is 0 Å². The van der Waals surface area contributed by atoms with Crippen LogP contribution in [-0.4, -0.2) is 32.9 Å². The quantitative estimate of drug-likeness (QED) is 0.807. The highest BCUT2D eigenvalue weighted by molar-refractivity contribution is 5.70. The number of ether oxygens (including phenoxy) is 2. The van der Waals surface area contributed by atoms with Gasteiger partial charge in [-0.1, -0.05) is 0 Å². The number of hydrogen-bond donors (Lipinski definition) is 1. The van der Waals surface area contributed by atoms with Gasteiger partial charge in [-0.05, 0) is 20.8 Å². The molecule has 1 unspecified atom stereocenters. The molecule has 0 radical (unpaired) electrons. The average Bonchev–Trinajstić information content (AvgIpc) is 2.31. The third-order valence-electron chi connectivity index (χ3n) is 2.89. The van der Waals surface area contributed by atoms with Crippen molar-refractivity contribution in [2.24, 2.45) is 0 Å². The van der Waals surface area contributed by atoms with Gasteiger partial charge in [0, 0.05) is 32.3 Å². The van der Waals surface area contributed by atoms with Crippen LogP contribution in [0.5, 0.6) is 5.75 Å². The Morgan fingerprint density at radius 3 is 2.47 bits per heavy atom. The van der Waals surface area contributed by atoms with E-state index in [1.807, 2.05) is 32.7 Å². The summed E-state index contributed by atoms with van der Waals surface area (Å²) in [4.78, 5) is 1.95. The molecule has 0 aliphatic heterocycles. The summed E-state index contributed by atoms with van der Waals surface area (Å²) in [5.74, 6) is -0.224. The molecule has 0 aliphatic rings. The summed E-state index contributed by atoms with van der Waals surface area (Å²) in [6.45, 7) is 6.28. The summed E-state index contributed by atoms with van der Waals surface area (Å²) in [7, 11) is 3.54. The van der Waals surface area contributed by atoms with Gasteiger partial charge < -0.3 is 20.1 Å². The Kier molecular flexibility index (Phi) is 5.42. The van der Waals surface area contributed by atoms with Crippen LogP contribution in [0.3, 0.4) is 0 Å². The van der Waals surface area contributed by atoms with Gasteiger partial charge in [0.1, 0.15) is 0 Å². The highest BCUT2D eigenvalue weighted by Crippen LogP contribution is 2.32. The van der Waals surface area contributed by atoms with E-state index in [0.717, 1.165) is 5.69 Å². The summed E-state index contributed by atoms with van der Waals surface area (Å²) in [6, 6.07) is 3.06. The maximum absolute atomic E-state index is 13.8. The van der Waals surface area contributed by atoms with Gasteiger partial charge in [0.2, 0.25) is 0 Å². The molecule has 19 heavy (non-hydrogen) atoms. The highest BCUT2D eigenvalue weighted by Gasteiger charge is 2.16. The molecule has 0 bridgehead atoms. The van der Waals surface area contributed by atoms with Gasteiger partial charge in [0.05, 0.1) is 24.1 Å². The fourth-order valence-electron chi connectivity index (χ4n) is 1.80. The molecular weight excluding hydrogens is 247 g/mol. The molecule has 0 spiro atoms. The third kappa shape index (κ3) is 3.99. The maximum Gasteiger partial charge on any atom is 0.167 e. The van der Waals surface area contributed by atoms with Crippen molar-refractivity contribution in [3.8, 4) is 5.75 Å². The third-order valence-corrected chi connectivity index (χ3v) is 2.89. The van der Waals surface area contributed by atoms with E-state index < -0.39 is 5.82 Å². The van der Waals surface area contributed by atoms with Crippen LogP contribution in [0.25, 0.3) is 0 Å². The van der Waals surface area contributed by atoms with Crippen molar-refractivity contribution < 1.29 is 13.9 Å². The van der Waals surface area contributed by atoms with Crippen LogP contribution >= 0.6 is 0 Å². The maximum atomic E-state index is 13.8. The molecule has 0 fully saturated rings. The molecule has 2 N–H and O–H groups in total. The predicted octanol–water partition coefficient (Wildman–Crippen LogP) is 2.67. The van der Waals surface area contributed by atoms with Crippen LogP contribution < -0.4 is 15.4 Å². The Morgan fingerprint density at radius 1 is 1.32 bits per heavy atom. The summed E-state index contributed by atoms with van der Waals surface area (Å²) in [5, 5.41) is 0. The molecule has 0 heterocycles. The Morgan fingerprint density at radius 2 is 1.95 bits per heavy atom. The zero-order valence-corrected chi connectivity index (χ0v) is 12.2. The number of halogens is 1. The molecule has 1 atom stereocenters. The number of anilines is 2. The minimum Gasteiger partial charge on any atom is -0.488 e. The summed E-state index contributed by atoms with van der Waals surface area (Å²) in [6.07, 6.45) is -0.0901. The number of rotatable bonds is 6. The Bertz CT molecular complexity index is 424. The highest BCUT2D eigenvalue weighted by atomic mass is 19.1. The van der Waals surface area contributed by atoms with Crippen molar-refractivity contribution >= 4 is 11.4 Å². The van der Waals surface area contributed by atoms with Gasteiger partial charge in [-0.3, -0.25) is 0 Å². The smallest absolute Gasteiger partial charge is 0.167 e. The monoisotopic (exact) mass is 270 g/mol. The number of nitrogens with zero attached hydrogens (tertiary/aromatic N) is 1. The summed E-state index contributed by atoms with van der Waals surface area (Å²) >= 11 is 0. The Labute approximate surface area is 114 Å². The Hall–Kier alpha value is -1.49. The lowest BCUT2D eigenvalue weighted by Crippen LogP contribution is -2.33. The number of likely N-dealkylation sites (N-methyl/N-ethyl adjacent to an activating group) is 1. The van der Waals surface area contributed by atoms with E-state index in [2.05, 4.69) is 0 Å². The second-order valence-corrected chi connectivity index (χ2v) is 4.92. The molecule has 0 amide bonds. The first-order valence-electron chi connectivity index (χ1n) is 6.34.